The molecule has 2 fully saturated rings. The summed E-state index contributed by atoms with van der Waals surface area (Å²) in [6.07, 6.45) is -1.36. The lowest BCUT2D eigenvalue weighted by Crippen LogP contribution is -2.53. The number of ether oxygens (including phenoxy) is 1. The first-order chi connectivity index (χ1) is 27.2. The highest BCUT2D eigenvalue weighted by Gasteiger charge is 2.42. The standard InChI is InChI=1S/C40H41F3N8O5S/c1-24-33(57-35(48-24)27-9-12-31(46-20-27)40(41,42)43)38(54)50-16-13-29(30(21-50)26-5-3-2-4-6-26)36(52)49-17-14-39(55,15-18-49)22-51-23-47-34(32(45)37(51)53)56-28-10-7-25(19-44)8-11-28/h2-12,20,23,29-30,55H,13-19,21-22,44-45H2,1H3/t29-,30+/m1/s1. The number of hydrogen-bond acceptors (Lipinski definition) is 11. The number of piperidine rings is 2. The number of hydrogen-bond donors (Lipinski definition) is 3. The van der Waals surface area contributed by atoms with Gasteiger partial charge in [-0.25, -0.2) is 9.97 Å². The molecule has 0 bridgehead atoms. The number of rotatable bonds is 9. The van der Waals surface area contributed by atoms with E-state index in [1.54, 1.807) is 41.0 Å². The molecule has 7 rings (SSSR count). The number of nitrogens with zero attached hydrogens (tertiary/aromatic N) is 6. The predicted octanol–water partition coefficient (Wildman–Crippen LogP) is 5.22. The van der Waals surface area contributed by atoms with Crippen LogP contribution in [0.2, 0.25) is 0 Å². The Morgan fingerprint density at radius 3 is 2.37 bits per heavy atom. The average molecular weight is 803 g/mol. The first-order valence-electron chi connectivity index (χ1n) is 18.4. The van der Waals surface area contributed by atoms with Gasteiger partial charge in [0.25, 0.3) is 11.5 Å². The van der Waals surface area contributed by atoms with Gasteiger partial charge in [0.2, 0.25) is 11.8 Å². The van der Waals surface area contributed by atoms with Crippen LogP contribution in [-0.4, -0.2) is 78.0 Å². The average Bonchev–Trinajstić information content (AvgIpc) is 3.61. The minimum Gasteiger partial charge on any atom is -0.437 e. The molecule has 298 valence electrons. The van der Waals surface area contributed by atoms with Crippen LogP contribution in [0.4, 0.5) is 18.9 Å². The number of alkyl halides is 3. The normalized spacial score (nSPS) is 18.4. The minimum absolute atomic E-state index is 0.0486. The van der Waals surface area contributed by atoms with Gasteiger partial charge in [-0.2, -0.15) is 13.2 Å². The van der Waals surface area contributed by atoms with Gasteiger partial charge in [-0.1, -0.05) is 42.5 Å². The topological polar surface area (TPSA) is 183 Å². The van der Waals surface area contributed by atoms with E-state index in [0.717, 1.165) is 34.7 Å². The molecule has 2 aliphatic heterocycles. The third-order valence-corrected chi connectivity index (χ3v) is 11.8. The number of benzene rings is 2. The van der Waals surface area contributed by atoms with Crippen molar-refractivity contribution in [1.29, 1.82) is 0 Å². The Bertz CT molecular complexity index is 2290. The Hall–Kier alpha value is -5.65. The molecule has 0 saturated carbocycles. The van der Waals surface area contributed by atoms with E-state index in [1.165, 1.54) is 17.0 Å². The Kier molecular flexibility index (Phi) is 11.2. The molecular weight excluding hydrogens is 762 g/mol. The molecule has 0 radical (unpaired) electrons. The van der Waals surface area contributed by atoms with E-state index in [2.05, 4.69) is 15.0 Å². The van der Waals surface area contributed by atoms with Crippen molar-refractivity contribution in [3.63, 3.8) is 0 Å². The van der Waals surface area contributed by atoms with Crippen molar-refractivity contribution >= 4 is 28.8 Å². The number of amides is 2. The molecule has 57 heavy (non-hydrogen) atoms. The van der Waals surface area contributed by atoms with Gasteiger partial charge in [-0.15, -0.1) is 11.3 Å². The molecule has 0 aliphatic carbocycles. The molecule has 2 saturated heterocycles. The summed E-state index contributed by atoms with van der Waals surface area (Å²) in [5.41, 5.74) is 11.3. The number of aromatic nitrogens is 4. The number of aliphatic hydroxyl groups is 1. The second-order valence-electron chi connectivity index (χ2n) is 14.4. The number of anilines is 1. The first kappa shape index (κ1) is 39.6. The maximum atomic E-state index is 14.2. The molecule has 0 spiro atoms. The highest BCUT2D eigenvalue weighted by atomic mass is 32.1. The highest BCUT2D eigenvalue weighted by molar-refractivity contribution is 7.17. The summed E-state index contributed by atoms with van der Waals surface area (Å²) in [7, 11) is 0. The molecule has 2 aliphatic rings. The van der Waals surface area contributed by atoms with Crippen LogP contribution >= 0.6 is 11.3 Å². The quantitative estimate of drug-likeness (QED) is 0.179. The largest absolute Gasteiger partial charge is 0.437 e. The van der Waals surface area contributed by atoms with Gasteiger partial charge in [-0.05, 0) is 61.6 Å². The SMILES string of the molecule is Cc1nc(-c2ccc(C(F)(F)F)nc2)sc1C(=O)N1CC[C@@H](C(=O)N2CCC(O)(Cn3cnc(Oc4ccc(CN)cc4)c(N)c3=O)CC2)[C@H](c2ccccc2)C1. The maximum Gasteiger partial charge on any atom is 0.433 e. The Morgan fingerprint density at radius 1 is 1.00 bits per heavy atom. The fraction of sp³-hybridized carbons (Fsp3) is 0.350. The zero-order valence-electron chi connectivity index (χ0n) is 31.0. The zero-order valence-corrected chi connectivity index (χ0v) is 31.8. The molecule has 3 aromatic heterocycles. The van der Waals surface area contributed by atoms with Crippen LogP contribution in [0.1, 0.15) is 57.4 Å². The second-order valence-corrected chi connectivity index (χ2v) is 15.4. The van der Waals surface area contributed by atoms with Crippen molar-refractivity contribution in [2.75, 3.05) is 31.9 Å². The van der Waals surface area contributed by atoms with Gasteiger partial charge < -0.3 is 31.1 Å². The predicted molar refractivity (Wildman–Crippen MR) is 206 cm³/mol. The van der Waals surface area contributed by atoms with Gasteiger partial charge in [0, 0.05) is 56.3 Å². The van der Waals surface area contributed by atoms with Gasteiger partial charge in [0.15, 0.2) is 5.69 Å². The number of nitrogens with two attached hydrogens (primary N) is 2. The molecule has 0 unspecified atom stereocenters. The van der Waals surface area contributed by atoms with Crippen molar-refractivity contribution in [2.45, 2.75) is 57.0 Å². The second kappa shape index (κ2) is 16.1. The third kappa shape index (κ3) is 8.55. The fourth-order valence-electron chi connectivity index (χ4n) is 7.36. The smallest absolute Gasteiger partial charge is 0.433 e. The fourth-order valence-corrected chi connectivity index (χ4v) is 8.39. The molecule has 2 aromatic carbocycles. The van der Waals surface area contributed by atoms with Crippen LogP contribution < -0.4 is 21.8 Å². The van der Waals surface area contributed by atoms with Crippen molar-refractivity contribution in [1.82, 2.24) is 29.3 Å². The minimum atomic E-state index is -4.57. The molecule has 17 heteroatoms. The van der Waals surface area contributed by atoms with Crippen molar-refractivity contribution in [3.05, 3.63) is 117 Å². The van der Waals surface area contributed by atoms with Gasteiger partial charge >= 0.3 is 6.18 Å². The lowest BCUT2D eigenvalue weighted by atomic mass is 9.79. The van der Waals surface area contributed by atoms with E-state index in [4.69, 9.17) is 16.2 Å². The highest BCUT2D eigenvalue weighted by Crippen LogP contribution is 2.38. The number of carbonyl (C=O) groups is 2. The van der Waals surface area contributed by atoms with Crippen LogP contribution in [-0.2, 0) is 24.1 Å². The lowest BCUT2D eigenvalue weighted by molar-refractivity contribution is -0.142. The summed E-state index contributed by atoms with van der Waals surface area (Å²) in [6, 6.07) is 18.7. The van der Waals surface area contributed by atoms with Crippen LogP contribution in [0.3, 0.4) is 0 Å². The summed E-state index contributed by atoms with van der Waals surface area (Å²) in [4.78, 5) is 57.4. The molecule has 5 aromatic rings. The molecule has 2 atom stereocenters. The number of nitrogen functional groups attached to an aromatic ring is 1. The third-order valence-electron chi connectivity index (χ3n) is 10.6. The summed E-state index contributed by atoms with van der Waals surface area (Å²) < 4.78 is 46.2. The summed E-state index contributed by atoms with van der Waals surface area (Å²) in [6.45, 7) is 3.07. The van der Waals surface area contributed by atoms with Gasteiger partial charge in [-0.3, -0.25) is 23.9 Å². The maximum absolute atomic E-state index is 14.2. The van der Waals surface area contributed by atoms with E-state index in [9.17, 15) is 32.7 Å². The van der Waals surface area contributed by atoms with Crippen LogP contribution in [0, 0.1) is 12.8 Å². The van der Waals surface area contributed by atoms with Crippen molar-refractivity contribution in [2.24, 2.45) is 11.7 Å². The summed E-state index contributed by atoms with van der Waals surface area (Å²) >= 11 is 1.09. The molecule has 5 N–H and O–H groups in total. The number of halogens is 3. The molecule has 2 amide bonds. The molecular formula is C40H41F3N8O5S. The Balaban J connectivity index is 1.01. The lowest BCUT2D eigenvalue weighted by Gasteiger charge is -2.43. The molecule has 5 heterocycles. The molecule has 13 nitrogen and oxygen atoms in total. The van der Waals surface area contributed by atoms with Crippen LogP contribution in [0.15, 0.2) is 84.0 Å². The Morgan fingerprint density at radius 2 is 1.72 bits per heavy atom. The monoisotopic (exact) mass is 802 g/mol. The van der Waals surface area contributed by atoms with E-state index in [1.807, 2.05) is 30.3 Å². The van der Waals surface area contributed by atoms with Crippen LogP contribution in [0.5, 0.6) is 11.6 Å². The summed E-state index contributed by atoms with van der Waals surface area (Å²) in [5, 5.41) is 12.0. The van der Waals surface area contributed by atoms with Gasteiger partial charge in [0.05, 0.1) is 17.8 Å². The first-order valence-corrected chi connectivity index (χ1v) is 19.2. The number of pyridine rings is 1. The van der Waals surface area contributed by atoms with E-state index in [-0.39, 0.29) is 68.3 Å². The van der Waals surface area contributed by atoms with Gasteiger partial charge in [0.1, 0.15) is 27.7 Å². The van der Waals surface area contributed by atoms with E-state index >= 15 is 0 Å². The number of thiazole rings is 1. The van der Waals surface area contributed by atoms with E-state index in [0.29, 0.717) is 46.4 Å². The van der Waals surface area contributed by atoms with Crippen LogP contribution in [0.25, 0.3) is 10.6 Å². The van der Waals surface area contributed by atoms with Crippen molar-refractivity contribution in [3.8, 4) is 22.2 Å². The van der Waals surface area contributed by atoms with Crippen molar-refractivity contribution < 1.29 is 32.6 Å². The summed E-state index contributed by atoms with van der Waals surface area (Å²) in [5.74, 6) is -0.717. The number of aryl methyl sites for hydroxylation is 1. The Labute approximate surface area is 329 Å². The number of likely N-dealkylation sites (tertiary alicyclic amines) is 2. The van der Waals surface area contributed by atoms with E-state index < -0.39 is 28.9 Å². The number of carbonyl (C=O) groups excluding carboxylic acids is 2. The zero-order chi connectivity index (χ0) is 40.5.